The summed E-state index contributed by atoms with van der Waals surface area (Å²) in [5, 5.41) is 8.47. The van der Waals surface area contributed by atoms with Crippen LogP contribution >= 0.6 is 23.6 Å². The number of hydrogen-bond acceptors (Lipinski definition) is 3. The van der Waals surface area contributed by atoms with Crippen LogP contribution in [-0.2, 0) is 12.8 Å². The summed E-state index contributed by atoms with van der Waals surface area (Å²) in [5.41, 5.74) is 3.31. The molecule has 2 aliphatic rings. The molecule has 3 heterocycles. The molecule has 0 bridgehead atoms. The fraction of sp³-hybridized carbons (Fsp3) is 0.643. The maximum Gasteiger partial charge on any atom is 0.117 e. The van der Waals surface area contributed by atoms with E-state index in [1.807, 2.05) is 11.3 Å². The van der Waals surface area contributed by atoms with Crippen LogP contribution in [-0.4, -0.2) is 16.1 Å². The molecular formula is C14H20N2S2. The minimum absolute atomic E-state index is 0.0892. The average Bonchev–Trinajstić information content (AvgIpc) is 2.52. The highest BCUT2D eigenvalue weighted by Crippen LogP contribution is 2.43. The number of hydrogen-bond donors (Lipinski definition) is 2. The van der Waals surface area contributed by atoms with Crippen LogP contribution < -0.4 is 10.6 Å². The molecule has 0 saturated heterocycles. The van der Waals surface area contributed by atoms with Gasteiger partial charge < -0.3 is 10.6 Å². The molecule has 2 aliphatic heterocycles. The van der Waals surface area contributed by atoms with Gasteiger partial charge in [-0.1, -0.05) is 12.2 Å². The van der Waals surface area contributed by atoms with Crippen molar-refractivity contribution in [2.24, 2.45) is 0 Å². The average molecular weight is 280 g/mol. The molecule has 98 valence electrons. The van der Waals surface area contributed by atoms with Crippen molar-refractivity contribution in [3.63, 3.8) is 0 Å². The van der Waals surface area contributed by atoms with E-state index in [1.165, 1.54) is 33.8 Å². The number of fused-ring (bicyclic) bond motifs is 3. The van der Waals surface area contributed by atoms with Gasteiger partial charge in [-0.2, -0.15) is 0 Å². The molecule has 0 unspecified atom stereocenters. The lowest BCUT2D eigenvalue weighted by molar-refractivity contribution is 0.448. The topological polar surface area (TPSA) is 24.1 Å². The van der Waals surface area contributed by atoms with Gasteiger partial charge in [-0.3, -0.25) is 0 Å². The largest absolute Gasteiger partial charge is 0.372 e. The maximum atomic E-state index is 5.53. The van der Waals surface area contributed by atoms with Crippen molar-refractivity contribution in [1.82, 2.24) is 5.32 Å². The molecule has 18 heavy (non-hydrogen) atoms. The van der Waals surface area contributed by atoms with Gasteiger partial charge in [-0.05, 0) is 58.1 Å². The van der Waals surface area contributed by atoms with E-state index < -0.39 is 0 Å². The Morgan fingerprint density at radius 2 is 1.78 bits per heavy atom. The van der Waals surface area contributed by atoms with Crippen LogP contribution in [0.5, 0.6) is 0 Å². The number of nitrogens with one attached hydrogen (secondary N) is 2. The van der Waals surface area contributed by atoms with Crippen molar-refractivity contribution < 1.29 is 0 Å². The third-order valence-corrected chi connectivity index (χ3v) is 5.49. The Bertz CT molecular complexity index is 526. The first-order chi connectivity index (χ1) is 8.27. The molecule has 1 aromatic heterocycles. The molecule has 2 N–H and O–H groups in total. The van der Waals surface area contributed by atoms with Crippen LogP contribution in [0.3, 0.4) is 0 Å². The smallest absolute Gasteiger partial charge is 0.117 e. The summed E-state index contributed by atoms with van der Waals surface area (Å²) in [6, 6.07) is 0. The minimum Gasteiger partial charge on any atom is -0.372 e. The molecule has 0 saturated carbocycles. The van der Waals surface area contributed by atoms with Gasteiger partial charge in [0, 0.05) is 11.1 Å². The van der Waals surface area contributed by atoms with E-state index in [1.54, 1.807) is 0 Å². The Kier molecular flexibility index (Phi) is 2.55. The second-order valence-corrected chi connectivity index (χ2v) is 8.17. The molecular weight excluding hydrogens is 260 g/mol. The van der Waals surface area contributed by atoms with Crippen molar-refractivity contribution in [1.29, 1.82) is 0 Å². The molecule has 0 atom stereocenters. The van der Waals surface area contributed by atoms with Crippen molar-refractivity contribution >= 4 is 33.5 Å². The fourth-order valence-electron chi connectivity index (χ4n) is 2.89. The summed E-state index contributed by atoms with van der Waals surface area (Å²) in [7, 11) is 0. The monoisotopic (exact) mass is 280 g/mol. The zero-order valence-corrected chi connectivity index (χ0v) is 13.1. The van der Waals surface area contributed by atoms with Gasteiger partial charge >= 0.3 is 0 Å². The van der Waals surface area contributed by atoms with Crippen LogP contribution in [0.25, 0.3) is 0 Å². The lowest BCUT2D eigenvalue weighted by Gasteiger charge is -2.34. The summed E-state index contributed by atoms with van der Waals surface area (Å²) in [5.74, 6) is 0. The molecule has 0 fully saturated rings. The number of anilines is 1. The highest BCUT2D eigenvalue weighted by Gasteiger charge is 2.35. The quantitative estimate of drug-likeness (QED) is 0.711. The zero-order chi connectivity index (χ0) is 13.1. The number of thiophene rings is 1. The van der Waals surface area contributed by atoms with E-state index in [0.29, 0.717) is 0 Å². The Labute approximate surface area is 118 Å². The SMILES string of the molecule is CC1(C)Cc2c(sc3c2CCC(C)(C)N3)C(=S)N1. The van der Waals surface area contributed by atoms with E-state index >= 15 is 0 Å². The molecule has 0 amide bonds. The highest BCUT2D eigenvalue weighted by atomic mass is 32.1. The molecule has 0 spiro atoms. The summed E-state index contributed by atoms with van der Waals surface area (Å²) in [6.45, 7) is 9.00. The fourth-order valence-corrected chi connectivity index (χ4v) is 4.76. The van der Waals surface area contributed by atoms with Gasteiger partial charge in [0.1, 0.15) is 4.99 Å². The standard InChI is InChI=1S/C14H20N2S2/c1-13(2)6-5-8-9-7-14(3,4)15-11(17)10(9)18-12(8)16-13/h16H,5-7H2,1-4H3,(H,15,17). The summed E-state index contributed by atoms with van der Waals surface area (Å²) in [4.78, 5) is 2.22. The second-order valence-electron chi connectivity index (χ2n) is 6.74. The first kappa shape index (κ1) is 12.4. The summed E-state index contributed by atoms with van der Waals surface area (Å²) in [6.07, 6.45) is 3.46. The molecule has 3 rings (SSSR count). The first-order valence-corrected chi connectivity index (χ1v) is 7.75. The van der Waals surface area contributed by atoms with E-state index in [-0.39, 0.29) is 11.1 Å². The minimum atomic E-state index is 0.0892. The normalized spacial score (nSPS) is 23.7. The van der Waals surface area contributed by atoms with Gasteiger partial charge in [0.2, 0.25) is 0 Å². The Hall–Kier alpha value is -0.610. The molecule has 0 aliphatic carbocycles. The lowest BCUT2D eigenvalue weighted by Crippen LogP contribution is -2.48. The van der Waals surface area contributed by atoms with Crippen molar-refractivity contribution in [2.45, 2.75) is 58.0 Å². The number of thiocarbonyl (C=S) groups is 1. The summed E-state index contributed by atoms with van der Waals surface area (Å²) < 4.78 is 0. The molecule has 1 aromatic rings. The Morgan fingerprint density at radius 1 is 1.06 bits per heavy atom. The summed E-state index contributed by atoms with van der Waals surface area (Å²) >= 11 is 7.36. The van der Waals surface area contributed by atoms with E-state index in [9.17, 15) is 0 Å². The third-order valence-electron chi connectivity index (χ3n) is 3.85. The predicted octanol–water partition coefficient (Wildman–Crippen LogP) is 3.48. The van der Waals surface area contributed by atoms with Crippen molar-refractivity contribution in [3.05, 3.63) is 16.0 Å². The maximum absolute atomic E-state index is 5.53. The highest BCUT2D eigenvalue weighted by molar-refractivity contribution is 7.81. The van der Waals surface area contributed by atoms with Gasteiger partial charge in [0.05, 0.1) is 9.88 Å². The molecule has 4 heteroatoms. The van der Waals surface area contributed by atoms with Gasteiger partial charge in [0.25, 0.3) is 0 Å². The van der Waals surface area contributed by atoms with Gasteiger partial charge in [-0.15, -0.1) is 11.3 Å². The molecule has 0 radical (unpaired) electrons. The predicted molar refractivity (Wildman–Crippen MR) is 83.0 cm³/mol. The van der Waals surface area contributed by atoms with Crippen LogP contribution in [0.2, 0.25) is 0 Å². The lowest BCUT2D eigenvalue weighted by atomic mass is 9.84. The Balaban J connectivity index is 2.08. The van der Waals surface area contributed by atoms with E-state index in [4.69, 9.17) is 12.2 Å². The number of rotatable bonds is 0. The second kappa shape index (κ2) is 3.70. The van der Waals surface area contributed by atoms with Crippen LogP contribution in [0, 0.1) is 0 Å². The zero-order valence-electron chi connectivity index (χ0n) is 11.4. The van der Waals surface area contributed by atoms with Crippen LogP contribution in [0.4, 0.5) is 5.00 Å². The molecule has 2 nitrogen and oxygen atoms in total. The van der Waals surface area contributed by atoms with Gasteiger partial charge in [0.15, 0.2) is 0 Å². The van der Waals surface area contributed by atoms with E-state index in [0.717, 1.165) is 11.4 Å². The van der Waals surface area contributed by atoms with E-state index in [2.05, 4.69) is 38.3 Å². The molecule has 0 aromatic carbocycles. The van der Waals surface area contributed by atoms with Crippen molar-refractivity contribution in [2.75, 3.05) is 5.32 Å². The first-order valence-electron chi connectivity index (χ1n) is 6.53. The van der Waals surface area contributed by atoms with Gasteiger partial charge in [-0.25, -0.2) is 0 Å². The third kappa shape index (κ3) is 1.95. The van der Waals surface area contributed by atoms with Crippen molar-refractivity contribution in [3.8, 4) is 0 Å². The van der Waals surface area contributed by atoms with Crippen LogP contribution in [0.15, 0.2) is 0 Å². The van der Waals surface area contributed by atoms with Crippen LogP contribution in [0.1, 0.15) is 50.1 Å². The Morgan fingerprint density at radius 3 is 2.50 bits per heavy atom.